The Kier molecular flexibility index (Phi) is 12.5. The van der Waals surface area contributed by atoms with Crippen LogP contribution in [0.25, 0.3) is 10.9 Å². The van der Waals surface area contributed by atoms with Gasteiger partial charge < -0.3 is 28.9 Å². The van der Waals surface area contributed by atoms with E-state index in [2.05, 4.69) is 17.5 Å². The minimum atomic E-state index is -0.219. The zero-order valence-corrected chi connectivity index (χ0v) is 26.7. The summed E-state index contributed by atoms with van der Waals surface area (Å²) in [6, 6.07) is 23.4. The Labute approximate surface area is 256 Å². The zero-order valence-electron chi connectivity index (χ0n) is 21.0. The quantitative estimate of drug-likeness (QED) is 0.167. The van der Waals surface area contributed by atoms with Crippen LogP contribution in [0.1, 0.15) is 22.9 Å². The van der Waals surface area contributed by atoms with Crippen molar-refractivity contribution in [2.75, 3.05) is 40.1 Å². The SMILES string of the molecule is COCCOCCOc1ccc(C2c3[nH]c4ccc(Cl)cc4c3CCN2[C-]=O)cc1.Clc1cc[c-]cc1.[U+2]. The van der Waals surface area contributed by atoms with E-state index in [1.807, 2.05) is 42.5 Å². The van der Waals surface area contributed by atoms with E-state index in [1.165, 1.54) is 5.56 Å². The zero-order chi connectivity index (χ0) is 26.0. The van der Waals surface area contributed by atoms with Crippen LogP contribution in [0, 0.1) is 37.2 Å². The number of H-pyrrole nitrogens is 1. The molecule has 0 radical (unpaired) electrons. The third kappa shape index (κ3) is 8.02. The number of carbonyl (C=O) groups excluding carboxylic acids is 1. The van der Waals surface area contributed by atoms with Gasteiger partial charge in [-0.3, -0.25) is 0 Å². The number of rotatable bonds is 9. The van der Waals surface area contributed by atoms with E-state index in [9.17, 15) is 4.79 Å². The Morgan fingerprint density at radius 2 is 1.74 bits per heavy atom. The number of amides is 1. The number of ether oxygens (including phenoxy) is 3. The summed E-state index contributed by atoms with van der Waals surface area (Å²) in [6.07, 6.45) is 2.87. The van der Waals surface area contributed by atoms with Crippen molar-refractivity contribution in [2.45, 2.75) is 12.5 Å². The largest absolute Gasteiger partial charge is 2.00 e. The molecule has 1 aliphatic rings. The number of nitrogens with one attached hydrogen (secondary N) is 1. The first-order valence-electron chi connectivity index (χ1n) is 12.0. The summed E-state index contributed by atoms with van der Waals surface area (Å²) >= 11 is 11.7. The van der Waals surface area contributed by atoms with Crippen LogP contribution in [0.2, 0.25) is 10.0 Å². The van der Waals surface area contributed by atoms with Crippen molar-refractivity contribution in [1.29, 1.82) is 0 Å². The van der Waals surface area contributed by atoms with Crippen molar-refractivity contribution in [3.8, 4) is 5.75 Å². The van der Waals surface area contributed by atoms with Crippen molar-refractivity contribution < 1.29 is 50.1 Å². The van der Waals surface area contributed by atoms with E-state index in [0.717, 1.165) is 39.4 Å². The van der Waals surface area contributed by atoms with Crippen LogP contribution in [-0.2, 0) is 20.7 Å². The number of benzene rings is 3. The fraction of sp³-hybridized carbons (Fsp3) is 0.276. The van der Waals surface area contributed by atoms with Crippen LogP contribution in [-0.4, -0.2) is 56.4 Å². The van der Waals surface area contributed by atoms with Gasteiger partial charge in [0.15, 0.2) is 0 Å². The number of hydrogen-bond acceptors (Lipinski definition) is 4. The van der Waals surface area contributed by atoms with Gasteiger partial charge in [-0.05, 0) is 54.4 Å². The maximum absolute atomic E-state index is 11.7. The van der Waals surface area contributed by atoms with Gasteiger partial charge in [-0.2, -0.15) is 36.7 Å². The summed E-state index contributed by atoms with van der Waals surface area (Å²) < 4.78 is 16.1. The summed E-state index contributed by atoms with van der Waals surface area (Å²) in [5, 5.41) is 2.58. The minimum Gasteiger partial charge on any atom is -0.520 e. The molecule has 4 aromatic rings. The molecule has 0 saturated carbocycles. The third-order valence-corrected chi connectivity index (χ3v) is 6.49. The van der Waals surface area contributed by atoms with Crippen LogP contribution in [0.5, 0.6) is 5.75 Å². The van der Waals surface area contributed by atoms with Crippen LogP contribution >= 0.6 is 23.2 Å². The molecule has 6 nitrogen and oxygen atoms in total. The normalized spacial score (nSPS) is 14.2. The van der Waals surface area contributed by atoms with Gasteiger partial charge in [-0.15, -0.1) is 11.6 Å². The molecule has 1 atom stereocenters. The first-order chi connectivity index (χ1) is 18.1. The van der Waals surface area contributed by atoms with Crippen LogP contribution in [0.4, 0.5) is 0 Å². The molecule has 38 heavy (non-hydrogen) atoms. The molecule has 3 aromatic carbocycles. The maximum atomic E-state index is 11.7. The average molecular weight is 777 g/mol. The summed E-state index contributed by atoms with van der Waals surface area (Å²) in [5.74, 6) is 0.759. The molecule has 196 valence electrons. The van der Waals surface area contributed by atoms with E-state index < -0.39 is 0 Å². The first kappa shape index (κ1) is 30.6. The molecule has 1 unspecified atom stereocenters. The van der Waals surface area contributed by atoms with E-state index >= 15 is 0 Å². The van der Waals surface area contributed by atoms with E-state index in [1.54, 1.807) is 36.3 Å². The Bertz CT molecular complexity index is 1290. The van der Waals surface area contributed by atoms with Gasteiger partial charge in [0.25, 0.3) is 0 Å². The van der Waals surface area contributed by atoms with Gasteiger partial charge in [0.2, 0.25) is 0 Å². The Balaban J connectivity index is 0.000000435. The molecule has 1 N–H and O–H groups in total. The Morgan fingerprint density at radius 3 is 2.39 bits per heavy atom. The fourth-order valence-corrected chi connectivity index (χ4v) is 4.58. The number of aromatic nitrogens is 1. The van der Waals surface area contributed by atoms with Crippen molar-refractivity contribution in [1.82, 2.24) is 9.88 Å². The molecule has 1 amide bonds. The van der Waals surface area contributed by atoms with Gasteiger partial charge in [-0.25, -0.2) is 0 Å². The van der Waals surface area contributed by atoms with E-state index in [-0.39, 0.29) is 37.2 Å². The molecular formula is C29H28Cl2N2O4U. The predicted octanol–water partition coefficient (Wildman–Crippen LogP) is 6.02. The fourth-order valence-electron chi connectivity index (χ4n) is 4.28. The number of nitrogens with zero attached hydrogens (tertiary/aromatic N) is 1. The monoisotopic (exact) mass is 776 g/mol. The molecule has 1 aromatic heterocycles. The van der Waals surface area contributed by atoms with E-state index in [4.69, 9.17) is 37.4 Å². The minimum absolute atomic E-state index is 0. The summed E-state index contributed by atoms with van der Waals surface area (Å²) in [4.78, 5) is 16.9. The van der Waals surface area contributed by atoms with Crippen molar-refractivity contribution in [3.63, 3.8) is 0 Å². The second-order valence-corrected chi connectivity index (χ2v) is 9.26. The summed E-state index contributed by atoms with van der Waals surface area (Å²) in [7, 11) is 1.64. The van der Waals surface area contributed by atoms with Crippen LogP contribution < -0.4 is 4.74 Å². The molecule has 0 saturated heterocycles. The molecule has 9 heteroatoms. The molecule has 0 bridgehead atoms. The third-order valence-electron chi connectivity index (χ3n) is 6.01. The first-order valence-corrected chi connectivity index (χ1v) is 12.7. The molecule has 0 spiro atoms. The molecule has 5 rings (SSSR count). The molecule has 1 aliphatic heterocycles. The predicted molar refractivity (Wildman–Crippen MR) is 146 cm³/mol. The second kappa shape index (κ2) is 15.6. The molecule has 0 aliphatic carbocycles. The van der Waals surface area contributed by atoms with Crippen molar-refractivity contribution in [3.05, 3.63) is 99.7 Å². The van der Waals surface area contributed by atoms with Crippen LogP contribution in [0.3, 0.4) is 0 Å². The summed E-state index contributed by atoms with van der Waals surface area (Å²) in [5.41, 5.74) is 4.25. The van der Waals surface area contributed by atoms with Gasteiger partial charge in [0, 0.05) is 28.7 Å². The smallest absolute Gasteiger partial charge is 0.520 e. The molecular weight excluding hydrogens is 749 g/mol. The Morgan fingerprint density at radius 1 is 1.00 bits per heavy atom. The van der Waals surface area contributed by atoms with Crippen molar-refractivity contribution >= 4 is 40.5 Å². The number of aromatic amines is 1. The number of hydrogen-bond donors (Lipinski definition) is 1. The van der Waals surface area contributed by atoms with Gasteiger partial charge in [0.05, 0.1) is 25.9 Å². The number of methoxy groups -OCH3 is 1. The van der Waals surface area contributed by atoms with Crippen molar-refractivity contribution in [2.24, 2.45) is 0 Å². The van der Waals surface area contributed by atoms with Gasteiger partial charge >= 0.3 is 31.1 Å². The maximum Gasteiger partial charge on any atom is 2.00 e. The number of fused-ring (bicyclic) bond motifs is 3. The Hall–Kier alpha value is -1.98. The van der Waals surface area contributed by atoms with Gasteiger partial charge in [0.1, 0.15) is 12.4 Å². The molecule has 2 heterocycles. The molecule has 0 fully saturated rings. The van der Waals surface area contributed by atoms with Gasteiger partial charge in [-0.1, -0.05) is 28.8 Å². The topological polar surface area (TPSA) is 63.8 Å². The second-order valence-electron chi connectivity index (χ2n) is 8.39. The summed E-state index contributed by atoms with van der Waals surface area (Å²) in [6.45, 7) is 2.70. The van der Waals surface area contributed by atoms with E-state index in [0.29, 0.717) is 38.0 Å². The standard InChI is InChI=1S/C23H24ClN2O4.C6H4Cl.U/c1-28-10-11-29-12-13-30-18-5-2-16(3-6-18)23-22-19(8-9-26(23)15-27)20-14-17(24)4-7-21(20)25-22;7-6-4-2-1-3-5-6;/h2-7,14,23,25H,8-13H2,1H3;2-5H;/q2*-1;+2. The number of halogens is 2. The van der Waals surface area contributed by atoms with Crippen LogP contribution in [0.15, 0.2) is 66.7 Å². The average Bonchev–Trinajstić information content (AvgIpc) is 3.29.